The molecule has 4 nitrogen and oxygen atoms in total. The van der Waals surface area contributed by atoms with Crippen molar-refractivity contribution in [3.63, 3.8) is 0 Å². The van der Waals surface area contributed by atoms with Crippen molar-refractivity contribution in [1.82, 2.24) is 20.2 Å². The molecule has 0 aliphatic rings. The summed E-state index contributed by atoms with van der Waals surface area (Å²) in [6.45, 7) is 4.16. The number of aromatic amines is 3. The molecule has 3 aromatic rings. The van der Waals surface area contributed by atoms with Crippen LogP contribution < -0.4 is 0 Å². The van der Waals surface area contributed by atoms with Crippen LogP contribution in [0, 0.1) is 13.8 Å². The number of H-pyrrole nitrogens is 3. The standard InChI is InChI=1S/C16H18N4/c1-12-3-7-14(8-4-12)16-11-17-20(19-18-16)15-9-5-13(2)6-10-15/h3-11,17-19H,1-2H3. The Morgan fingerprint density at radius 3 is 1.95 bits per heavy atom. The van der Waals surface area contributed by atoms with E-state index in [0.717, 1.165) is 16.9 Å². The monoisotopic (exact) mass is 266 g/mol. The Hall–Kier alpha value is -2.62. The van der Waals surface area contributed by atoms with Gasteiger partial charge in [0.05, 0.1) is 11.4 Å². The van der Waals surface area contributed by atoms with E-state index in [4.69, 9.17) is 0 Å². The van der Waals surface area contributed by atoms with Gasteiger partial charge in [0.25, 0.3) is 0 Å². The number of hydrogen-bond acceptors (Lipinski definition) is 0. The summed E-state index contributed by atoms with van der Waals surface area (Å²) in [4.78, 5) is 1.83. The second-order valence-electron chi connectivity index (χ2n) is 4.96. The summed E-state index contributed by atoms with van der Waals surface area (Å²) in [6.07, 6.45) is 1.95. The molecule has 0 bridgehead atoms. The van der Waals surface area contributed by atoms with Crippen molar-refractivity contribution < 1.29 is 0 Å². The van der Waals surface area contributed by atoms with Crippen LogP contribution in [0.25, 0.3) is 16.9 Å². The first-order chi connectivity index (χ1) is 9.72. The molecule has 0 unspecified atom stereocenters. The van der Waals surface area contributed by atoms with Crippen LogP contribution in [0.2, 0.25) is 0 Å². The SMILES string of the molecule is Cc1ccc(-c2c[nH]n(-c3ccc(C)cc3)[nH][nH]2)cc1. The van der Waals surface area contributed by atoms with Crippen LogP contribution in [0.5, 0.6) is 0 Å². The fraction of sp³-hybridized carbons (Fsp3) is 0.125. The van der Waals surface area contributed by atoms with Gasteiger partial charge in [-0.25, -0.2) is 5.21 Å². The summed E-state index contributed by atoms with van der Waals surface area (Å²) in [5, 5.41) is 9.53. The molecule has 1 heterocycles. The number of nitrogens with zero attached hydrogens (tertiary/aromatic N) is 1. The molecular weight excluding hydrogens is 248 g/mol. The fourth-order valence-electron chi connectivity index (χ4n) is 2.04. The second kappa shape index (κ2) is 5.17. The molecule has 0 aliphatic heterocycles. The number of nitrogens with one attached hydrogen (secondary N) is 3. The maximum Gasteiger partial charge on any atom is 0.0826 e. The molecule has 2 aromatic carbocycles. The Kier molecular flexibility index (Phi) is 3.21. The molecule has 0 amide bonds. The Morgan fingerprint density at radius 1 is 0.800 bits per heavy atom. The van der Waals surface area contributed by atoms with Crippen LogP contribution in [0.15, 0.2) is 54.7 Å². The van der Waals surface area contributed by atoms with Gasteiger partial charge in [-0.3, -0.25) is 10.2 Å². The minimum atomic E-state index is 1.01. The van der Waals surface area contributed by atoms with Crippen LogP contribution in [0.1, 0.15) is 11.1 Å². The molecule has 0 atom stereocenters. The normalized spacial score (nSPS) is 10.5. The van der Waals surface area contributed by atoms with E-state index in [2.05, 4.69) is 77.8 Å². The number of hydrogen-bond donors (Lipinski definition) is 3. The van der Waals surface area contributed by atoms with Gasteiger partial charge in [0.2, 0.25) is 0 Å². The Morgan fingerprint density at radius 2 is 1.40 bits per heavy atom. The number of aryl methyl sites for hydroxylation is 2. The van der Waals surface area contributed by atoms with Gasteiger partial charge in [-0.1, -0.05) is 47.5 Å². The summed E-state index contributed by atoms with van der Waals surface area (Å²) in [6, 6.07) is 16.7. The van der Waals surface area contributed by atoms with Crippen molar-refractivity contribution in [2.45, 2.75) is 13.8 Å². The highest BCUT2D eigenvalue weighted by molar-refractivity contribution is 5.57. The van der Waals surface area contributed by atoms with Crippen LogP contribution in [0.3, 0.4) is 0 Å². The van der Waals surface area contributed by atoms with Gasteiger partial charge in [-0.15, -0.1) is 0 Å². The Balaban J connectivity index is 1.91. The first kappa shape index (κ1) is 12.4. The first-order valence-electron chi connectivity index (χ1n) is 6.64. The maximum atomic E-state index is 3.22. The zero-order valence-corrected chi connectivity index (χ0v) is 11.6. The Bertz CT molecular complexity index is 636. The molecule has 0 spiro atoms. The molecule has 0 fully saturated rings. The predicted molar refractivity (Wildman–Crippen MR) is 81.4 cm³/mol. The summed E-state index contributed by atoms with van der Waals surface area (Å²) in [7, 11) is 0. The van der Waals surface area contributed by atoms with E-state index in [1.54, 1.807) is 0 Å². The lowest BCUT2D eigenvalue weighted by atomic mass is 10.1. The van der Waals surface area contributed by atoms with Crippen molar-refractivity contribution in [2.24, 2.45) is 0 Å². The lowest BCUT2D eigenvalue weighted by Crippen LogP contribution is -2.07. The van der Waals surface area contributed by atoms with E-state index in [1.165, 1.54) is 11.1 Å². The van der Waals surface area contributed by atoms with Crippen molar-refractivity contribution in [3.05, 3.63) is 65.9 Å². The third kappa shape index (κ3) is 2.54. The van der Waals surface area contributed by atoms with Crippen LogP contribution in [0.4, 0.5) is 0 Å². The molecule has 4 heteroatoms. The average molecular weight is 266 g/mol. The highest BCUT2D eigenvalue weighted by Gasteiger charge is 1.98. The van der Waals surface area contributed by atoms with E-state index >= 15 is 0 Å². The van der Waals surface area contributed by atoms with E-state index in [9.17, 15) is 0 Å². The van der Waals surface area contributed by atoms with Gasteiger partial charge in [-0.05, 0) is 26.0 Å². The summed E-state index contributed by atoms with van der Waals surface area (Å²) < 4.78 is 0. The topological polar surface area (TPSA) is 52.3 Å². The fourth-order valence-corrected chi connectivity index (χ4v) is 2.04. The zero-order valence-electron chi connectivity index (χ0n) is 11.6. The predicted octanol–water partition coefficient (Wildman–Crippen LogP) is 3.87. The lowest BCUT2D eigenvalue weighted by molar-refractivity contribution is 0.639. The second-order valence-corrected chi connectivity index (χ2v) is 4.96. The summed E-state index contributed by atoms with van der Waals surface area (Å²) >= 11 is 0. The largest absolute Gasteiger partial charge is 0.284 e. The molecule has 0 saturated carbocycles. The molecular formula is C16H18N4. The minimum absolute atomic E-state index is 1.01. The molecule has 3 N–H and O–H groups in total. The van der Waals surface area contributed by atoms with E-state index in [1.807, 2.05) is 11.0 Å². The molecule has 3 rings (SSSR count). The minimum Gasteiger partial charge on any atom is -0.284 e. The molecule has 1 aromatic heterocycles. The third-order valence-corrected chi connectivity index (χ3v) is 3.30. The maximum absolute atomic E-state index is 3.22. The smallest absolute Gasteiger partial charge is 0.0826 e. The van der Waals surface area contributed by atoms with E-state index in [0.29, 0.717) is 0 Å². The average Bonchev–Trinajstić information content (AvgIpc) is 2.49. The quantitative estimate of drug-likeness (QED) is 0.631. The zero-order chi connectivity index (χ0) is 13.9. The number of benzene rings is 2. The van der Waals surface area contributed by atoms with Gasteiger partial charge < -0.3 is 0 Å². The number of aromatic nitrogens is 4. The van der Waals surface area contributed by atoms with Gasteiger partial charge in [0.1, 0.15) is 0 Å². The van der Waals surface area contributed by atoms with Gasteiger partial charge >= 0.3 is 0 Å². The molecule has 102 valence electrons. The summed E-state index contributed by atoms with van der Waals surface area (Å²) in [5.41, 5.74) is 5.69. The van der Waals surface area contributed by atoms with Crippen LogP contribution in [-0.4, -0.2) is 20.2 Å². The van der Waals surface area contributed by atoms with E-state index < -0.39 is 0 Å². The summed E-state index contributed by atoms with van der Waals surface area (Å²) in [5.74, 6) is 0. The van der Waals surface area contributed by atoms with Crippen molar-refractivity contribution in [2.75, 3.05) is 0 Å². The first-order valence-corrected chi connectivity index (χ1v) is 6.64. The van der Waals surface area contributed by atoms with Gasteiger partial charge in [-0.2, -0.15) is 4.80 Å². The molecule has 0 aliphatic carbocycles. The number of rotatable bonds is 2. The highest BCUT2D eigenvalue weighted by atomic mass is 15.5. The van der Waals surface area contributed by atoms with Crippen molar-refractivity contribution in [3.8, 4) is 16.9 Å². The van der Waals surface area contributed by atoms with Crippen LogP contribution >= 0.6 is 0 Å². The van der Waals surface area contributed by atoms with Crippen molar-refractivity contribution in [1.29, 1.82) is 0 Å². The molecule has 20 heavy (non-hydrogen) atoms. The Labute approximate surface area is 117 Å². The molecule has 0 saturated heterocycles. The lowest BCUT2D eigenvalue weighted by Gasteiger charge is -2.10. The van der Waals surface area contributed by atoms with Crippen LogP contribution in [-0.2, 0) is 0 Å². The van der Waals surface area contributed by atoms with Gasteiger partial charge in [0, 0.05) is 11.8 Å². The highest BCUT2D eigenvalue weighted by Crippen LogP contribution is 2.15. The van der Waals surface area contributed by atoms with Crippen molar-refractivity contribution >= 4 is 0 Å². The molecule has 0 radical (unpaired) electrons. The van der Waals surface area contributed by atoms with E-state index in [-0.39, 0.29) is 0 Å². The third-order valence-electron chi connectivity index (χ3n) is 3.30. The van der Waals surface area contributed by atoms with Gasteiger partial charge in [0.15, 0.2) is 0 Å².